The van der Waals surface area contributed by atoms with Gasteiger partial charge in [0.05, 0.1) is 6.54 Å². The minimum atomic E-state index is -0.151. The molecular formula is C21H24ClNO2. The fourth-order valence-corrected chi connectivity index (χ4v) is 2.32. The van der Waals surface area contributed by atoms with Crippen LogP contribution in [0.15, 0.2) is 54.6 Å². The highest BCUT2D eigenvalue weighted by molar-refractivity contribution is 6.30. The number of halogens is 1. The van der Waals surface area contributed by atoms with E-state index in [-0.39, 0.29) is 11.3 Å². The lowest BCUT2D eigenvalue weighted by atomic mass is 9.87. The average Bonchev–Trinajstić information content (AvgIpc) is 2.58. The zero-order valence-electron chi connectivity index (χ0n) is 14.9. The summed E-state index contributed by atoms with van der Waals surface area (Å²) in [5.41, 5.74) is 2.32. The van der Waals surface area contributed by atoms with Crippen LogP contribution in [-0.2, 0) is 10.2 Å². The summed E-state index contributed by atoms with van der Waals surface area (Å²) < 4.78 is 5.65. The lowest BCUT2D eigenvalue weighted by molar-refractivity contribution is -0.116. The normalized spacial score (nSPS) is 11.5. The molecule has 0 aliphatic carbocycles. The Bertz CT molecular complexity index is 713. The molecule has 0 unspecified atom stereocenters. The zero-order valence-corrected chi connectivity index (χ0v) is 15.6. The van der Waals surface area contributed by atoms with E-state index in [4.69, 9.17) is 16.3 Å². The van der Waals surface area contributed by atoms with E-state index < -0.39 is 0 Å². The van der Waals surface area contributed by atoms with Gasteiger partial charge in [0.15, 0.2) is 0 Å². The van der Waals surface area contributed by atoms with Crippen molar-refractivity contribution in [2.24, 2.45) is 0 Å². The number of ether oxygens (including phenoxy) is 1. The number of carbonyl (C=O) groups is 1. The van der Waals surface area contributed by atoms with Gasteiger partial charge in [-0.3, -0.25) is 4.79 Å². The third kappa shape index (κ3) is 6.63. The van der Waals surface area contributed by atoms with Gasteiger partial charge in [0, 0.05) is 11.1 Å². The van der Waals surface area contributed by atoms with Gasteiger partial charge in [0.2, 0.25) is 5.91 Å². The third-order valence-electron chi connectivity index (χ3n) is 3.69. The van der Waals surface area contributed by atoms with Crippen molar-refractivity contribution in [1.29, 1.82) is 0 Å². The molecule has 0 bridgehead atoms. The molecule has 0 spiro atoms. The molecule has 1 N–H and O–H groups in total. The van der Waals surface area contributed by atoms with Crippen molar-refractivity contribution in [3.8, 4) is 5.75 Å². The molecule has 2 rings (SSSR count). The minimum absolute atomic E-state index is 0.128. The SMILES string of the molecule is CC(C)(C)c1ccc(OCCNC(=O)/C=C/c2ccc(Cl)cc2)cc1. The molecule has 2 aromatic rings. The number of carbonyl (C=O) groups excluding carboxylic acids is 1. The van der Waals surface area contributed by atoms with Gasteiger partial charge in [-0.1, -0.05) is 56.6 Å². The van der Waals surface area contributed by atoms with Crippen molar-refractivity contribution in [2.45, 2.75) is 26.2 Å². The largest absolute Gasteiger partial charge is 0.492 e. The number of nitrogens with one attached hydrogen (secondary N) is 1. The maximum absolute atomic E-state index is 11.8. The van der Waals surface area contributed by atoms with Gasteiger partial charge in [-0.05, 0) is 46.9 Å². The van der Waals surface area contributed by atoms with Crippen LogP contribution in [0.2, 0.25) is 5.02 Å². The Labute approximate surface area is 154 Å². The summed E-state index contributed by atoms with van der Waals surface area (Å²) in [5, 5.41) is 3.47. The summed E-state index contributed by atoms with van der Waals surface area (Å²) >= 11 is 5.82. The van der Waals surface area contributed by atoms with E-state index in [2.05, 4.69) is 38.2 Å². The summed E-state index contributed by atoms with van der Waals surface area (Å²) in [6.07, 6.45) is 3.25. The molecule has 0 fully saturated rings. The summed E-state index contributed by atoms with van der Waals surface area (Å²) in [5.74, 6) is 0.653. The summed E-state index contributed by atoms with van der Waals surface area (Å²) in [6, 6.07) is 15.4. The Hall–Kier alpha value is -2.26. The van der Waals surface area contributed by atoms with E-state index in [1.54, 1.807) is 18.2 Å². The van der Waals surface area contributed by atoms with Gasteiger partial charge in [0.1, 0.15) is 12.4 Å². The van der Waals surface area contributed by atoms with Crippen LogP contribution in [0.25, 0.3) is 6.08 Å². The molecule has 0 saturated heterocycles. The molecular weight excluding hydrogens is 334 g/mol. The van der Waals surface area contributed by atoms with Crippen LogP contribution in [0, 0.1) is 0 Å². The van der Waals surface area contributed by atoms with Gasteiger partial charge in [-0.25, -0.2) is 0 Å². The van der Waals surface area contributed by atoms with Crippen molar-refractivity contribution >= 4 is 23.6 Å². The van der Waals surface area contributed by atoms with Crippen LogP contribution in [0.4, 0.5) is 0 Å². The fourth-order valence-electron chi connectivity index (χ4n) is 2.20. The maximum atomic E-state index is 11.8. The van der Waals surface area contributed by atoms with Crippen LogP contribution < -0.4 is 10.1 Å². The third-order valence-corrected chi connectivity index (χ3v) is 3.94. The Kier molecular flexibility index (Phi) is 6.65. The van der Waals surface area contributed by atoms with Gasteiger partial charge < -0.3 is 10.1 Å². The summed E-state index contributed by atoms with van der Waals surface area (Å²) in [4.78, 5) is 11.8. The topological polar surface area (TPSA) is 38.3 Å². The first-order valence-electron chi connectivity index (χ1n) is 8.29. The monoisotopic (exact) mass is 357 g/mol. The Morgan fingerprint density at radius 1 is 1.08 bits per heavy atom. The van der Waals surface area contributed by atoms with Crippen LogP contribution in [0.1, 0.15) is 31.9 Å². The van der Waals surface area contributed by atoms with Crippen LogP contribution in [0.5, 0.6) is 5.75 Å². The lowest BCUT2D eigenvalue weighted by Crippen LogP contribution is -2.26. The number of amides is 1. The van der Waals surface area contributed by atoms with E-state index in [0.717, 1.165) is 11.3 Å². The Morgan fingerprint density at radius 2 is 1.72 bits per heavy atom. The highest BCUT2D eigenvalue weighted by Crippen LogP contribution is 2.24. The van der Waals surface area contributed by atoms with E-state index in [1.807, 2.05) is 24.3 Å². The van der Waals surface area contributed by atoms with Crippen molar-refractivity contribution in [3.63, 3.8) is 0 Å². The van der Waals surface area contributed by atoms with E-state index >= 15 is 0 Å². The summed E-state index contributed by atoms with van der Waals surface area (Å²) in [7, 11) is 0. The number of hydrogen-bond acceptors (Lipinski definition) is 2. The molecule has 0 aliphatic heterocycles. The summed E-state index contributed by atoms with van der Waals surface area (Å²) in [6.45, 7) is 7.40. The van der Waals surface area contributed by atoms with E-state index in [9.17, 15) is 4.79 Å². The van der Waals surface area contributed by atoms with Crippen LogP contribution >= 0.6 is 11.6 Å². The molecule has 2 aromatic carbocycles. The minimum Gasteiger partial charge on any atom is -0.492 e. The lowest BCUT2D eigenvalue weighted by Gasteiger charge is -2.19. The maximum Gasteiger partial charge on any atom is 0.244 e. The number of benzene rings is 2. The Balaban J connectivity index is 1.71. The second kappa shape index (κ2) is 8.72. The average molecular weight is 358 g/mol. The first-order chi connectivity index (χ1) is 11.8. The van der Waals surface area contributed by atoms with Crippen LogP contribution in [0.3, 0.4) is 0 Å². The second-order valence-electron chi connectivity index (χ2n) is 6.80. The zero-order chi connectivity index (χ0) is 18.3. The highest BCUT2D eigenvalue weighted by atomic mass is 35.5. The van der Waals surface area contributed by atoms with Crippen molar-refractivity contribution in [3.05, 3.63) is 70.8 Å². The molecule has 4 heteroatoms. The molecule has 0 atom stereocenters. The molecule has 0 aromatic heterocycles. The number of rotatable bonds is 6. The van der Waals surface area contributed by atoms with Gasteiger partial charge in [-0.2, -0.15) is 0 Å². The van der Waals surface area contributed by atoms with E-state index in [0.29, 0.717) is 18.2 Å². The molecule has 3 nitrogen and oxygen atoms in total. The molecule has 25 heavy (non-hydrogen) atoms. The van der Waals surface area contributed by atoms with Crippen molar-refractivity contribution in [1.82, 2.24) is 5.32 Å². The fraction of sp³-hybridized carbons (Fsp3) is 0.286. The Morgan fingerprint density at radius 3 is 2.32 bits per heavy atom. The molecule has 1 amide bonds. The smallest absolute Gasteiger partial charge is 0.244 e. The standard InChI is InChI=1S/C21H24ClNO2/c1-21(2,3)17-7-11-19(12-8-17)25-15-14-23-20(24)13-6-16-4-9-18(22)10-5-16/h4-13H,14-15H2,1-3H3,(H,23,24)/b13-6+. The molecule has 132 valence electrons. The van der Waals surface area contributed by atoms with Gasteiger partial charge in [0.25, 0.3) is 0 Å². The first-order valence-corrected chi connectivity index (χ1v) is 8.67. The molecule has 0 aliphatic rings. The molecule has 0 saturated carbocycles. The predicted octanol–water partition coefficient (Wildman–Crippen LogP) is 4.85. The number of hydrogen-bond donors (Lipinski definition) is 1. The van der Waals surface area contributed by atoms with Crippen LogP contribution in [-0.4, -0.2) is 19.1 Å². The van der Waals surface area contributed by atoms with Gasteiger partial charge >= 0.3 is 0 Å². The van der Waals surface area contributed by atoms with Gasteiger partial charge in [-0.15, -0.1) is 0 Å². The van der Waals surface area contributed by atoms with Crippen molar-refractivity contribution < 1.29 is 9.53 Å². The van der Waals surface area contributed by atoms with Crippen molar-refractivity contribution in [2.75, 3.05) is 13.2 Å². The highest BCUT2D eigenvalue weighted by Gasteiger charge is 2.12. The second-order valence-corrected chi connectivity index (χ2v) is 7.24. The first kappa shape index (κ1) is 19.1. The molecule has 0 heterocycles. The molecule has 0 radical (unpaired) electrons. The predicted molar refractivity (Wildman–Crippen MR) is 104 cm³/mol. The van der Waals surface area contributed by atoms with E-state index in [1.165, 1.54) is 11.6 Å². The quantitative estimate of drug-likeness (QED) is 0.593.